The van der Waals surface area contributed by atoms with E-state index in [0.717, 1.165) is 22.2 Å². The van der Waals surface area contributed by atoms with Crippen LogP contribution in [0.5, 0.6) is 5.06 Å². The number of ether oxygens (including phenoxy) is 1. The molecule has 0 fully saturated rings. The molecule has 0 unspecified atom stereocenters. The summed E-state index contributed by atoms with van der Waals surface area (Å²) in [7, 11) is 1.69. The van der Waals surface area contributed by atoms with Gasteiger partial charge in [0.15, 0.2) is 5.06 Å². The molecule has 0 bridgehead atoms. The van der Waals surface area contributed by atoms with Crippen molar-refractivity contribution >= 4 is 11.3 Å². The summed E-state index contributed by atoms with van der Waals surface area (Å²) in [4.78, 5) is 4.54. The summed E-state index contributed by atoms with van der Waals surface area (Å²) < 4.78 is 5.28. The molecule has 0 atom stereocenters. The molecule has 0 saturated heterocycles. The Bertz CT molecular complexity index is 514. The van der Waals surface area contributed by atoms with Crippen molar-refractivity contribution in [2.45, 2.75) is 27.2 Å². The molecule has 2 nitrogen and oxygen atoms in total. The third-order valence-corrected chi connectivity index (χ3v) is 3.95. The molecule has 0 amide bonds. The van der Waals surface area contributed by atoms with Gasteiger partial charge in [0.2, 0.25) is 0 Å². The molecule has 2 rings (SSSR count). The molecule has 0 aliphatic heterocycles. The van der Waals surface area contributed by atoms with E-state index in [1.165, 1.54) is 11.1 Å². The van der Waals surface area contributed by atoms with Crippen molar-refractivity contribution in [2.75, 3.05) is 7.11 Å². The van der Waals surface area contributed by atoms with Gasteiger partial charge in [-0.15, -0.1) is 0 Å². The highest BCUT2D eigenvalue weighted by Crippen LogP contribution is 2.33. The fourth-order valence-corrected chi connectivity index (χ4v) is 2.84. The maximum Gasteiger partial charge on any atom is 0.197 e. The van der Waals surface area contributed by atoms with E-state index in [-0.39, 0.29) is 0 Å². The fraction of sp³-hybridized carbons (Fsp3) is 0.400. The summed E-state index contributed by atoms with van der Waals surface area (Å²) in [6.45, 7) is 6.46. The van der Waals surface area contributed by atoms with Crippen LogP contribution in [0.3, 0.4) is 0 Å². The van der Waals surface area contributed by atoms with E-state index < -0.39 is 0 Å². The van der Waals surface area contributed by atoms with Crippen LogP contribution in [-0.4, -0.2) is 12.1 Å². The summed E-state index contributed by atoms with van der Waals surface area (Å²) in [5, 5.41) is 1.93. The number of aromatic nitrogens is 1. The van der Waals surface area contributed by atoms with Gasteiger partial charge in [-0.2, -0.15) is 0 Å². The van der Waals surface area contributed by atoms with Gasteiger partial charge in [0.25, 0.3) is 0 Å². The lowest BCUT2D eigenvalue weighted by Gasteiger charge is -2.05. The third-order valence-electron chi connectivity index (χ3n) is 2.78. The molecule has 3 heteroatoms. The number of nitrogens with zero attached hydrogens (tertiary/aromatic N) is 1. The monoisotopic (exact) mass is 261 g/mol. The van der Waals surface area contributed by atoms with Crippen molar-refractivity contribution in [1.82, 2.24) is 4.98 Å². The van der Waals surface area contributed by atoms with E-state index in [2.05, 4.69) is 43.1 Å². The minimum atomic E-state index is 0.693. The number of benzene rings is 1. The molecule has 0 saturated carbocycles. The van der Waals surface area contributed by atoms with Crippen LogP contribution in [0.25, 0.3) is 10.6 Å². The van der Waals surface area contributed by atoms with Gasteiger partial charge in [0.05, 0.1) is 12.8 Å². The smallest absolute Gasteiger partial charge is 0.197 e. The standard InChI is InChI=1S/C15H19NOS/c1-10(2)9-12-5-7-13(8-6-12)14-16-11(3)15(17-4)18-14/h5-8,10H,9H2,1-4H3. The molecule has 0 aliphatic rings. The van der Waals surface area contributed by atoms with E-state index in [1.807, 2.05) is 6.92 Å². The SMILES string of the molecule is COc1sc(-c2ccc(CC(C)C)cc2)nc1C. The van der Waals surface area contributed by atoms with E-state index >= 15 is 0 Å². The second-order valence-electron chi connectivity index (χ2n) is 4.89. The molecule has 0 aliphatic carbocycles. The average molecular weight is 261 g/mol. The van der Waals surface area contributed by atoms with Gasteiger partial charge in [0.1, 0.15) is 5.01 Å². The minimum absolute atomic E-state index is 0.693. The normalized spacial score (nSPS) is 10.9. The van der Waals surface area contributed by atoms with E-state index in [0.29, 0.717) is 5.92 Å². The van der Waals surface area contributed by atoms with Gasteiger partial charge in [-0.25, -0.2) is 4.98 Å². The molecule has 18 heavy (non-hydrogen) atoms. The van der Waals surface area contributed by atoms with Crippen molar-refractivity contribution in [2.24, 2.45) is 5.92 Å². The molecule has 0 radical (unpaired) electrons. The number of hydrogen-bond donors (Lipinski definition) is 0. The summed E-state index contributed by atoms with van der Waals surface area (Å²) in [6, 6.07) is 8.68. The van der Waals surface area contributed by atoms with Gasteiger partial charge < -0.3 is 4.74 Å². The second kappa shape index (κ2) is 5.53. The van der Waals surface area contributed by atoms with Crippen LogP contribution in [0.2, 0.25) is 0 Å². The van der Waals surface area contributed by atoms with Crippen molar-refractivity contribution in [1.29, 1.82) is 0 Å². The van der Waals surface area contributed by atoms with E-state index in [9.17, 15) is 0 Å². The Kier molecular flexibility index (Phi) is 4.02. The van der Waals surface area contributed by atoms with Crippen LogP contribution in [0.1, 0.15) is 25.1 Å². The Morgan fingerprint density at radius 1 is 1.22 bits per heavy atom. The molecule has 1 aromatic heterocycles. The van der Waals surface area contributed by atoms with Crippen molar-refractivity contribution in [3.63, 3.8) is 0 Å². The van der Waals surface area contributed by atoms with Gasteiger partial charge in [0, 0.05) is 5.56 Å². The van der Waals surface area contributed by atoms with Crippen molar-refractivity contribution < 1.29 is 4.74 Å². The first-order valence-corrected chi connectivity index (χ1v) is 7.02. The molecular formula is C15H19NOS. The zero-order valence-electron chi connectivity index (χ0n) is 11.4. The van der Waals surface area contributed by atoms with Crippen LogP contribution in [0, 0.1) is 12.8 Å². The molecule has 2 aromatic rings. The molecular weight excluding hydrogens is 242 g/mol. The molecule has 1 heterocycles. The van der Waals surface area contributed by atoms with Crippen molar-refractivity contribution in [3.8, 4) is 15.6 Å². The summed E-state index contributed by atoms with van der Waals surface area (Å²) in [5.74, 6) is 0.693. The molecule has 96 valence electrons. The first kappa shape index (κ1) is 13.1. The lowest BCUT2D eigenvalue weighted by Crippen LogP contribution is -1.93. The van der Waals surface area contributed by atoms with E-state index in [1.54, 1.807) is 18.4 Å². The third kappa shape index (κ3) is 2.91. The molecule has 0 spiro atoms. The molecule has 0 N–H and O–H groups in total. The highest BCUT2D eigenvalue weighted by Gasteiger charge is 2.09. The van der Waals surface area contributed by atoms with Crippen LogP contribution in [0.15, 0.2) is 24.3 Å². The topological polar surface area (TPSA) is 22.1 Å². The first-order chi connectivity index (χ1) is 8.60. The van der Waals surface area contributed by atoms with Gasteiger partial charge in [-0.1, -0.05) is 49.4 Å². The lowest BCUT2D eigenvalue weighted by atomic mass is 10.0. The number of hydrogen-bond acceptors (Lipinski definition) is 3. The number of methoxy groups -OCH3 is 1. The minimum Gasteiger partial charge on any atom is -0.486 e. The van der Waals surface area contributed by atoms with Gasteiger partial charge in [-0.3, -0.25) is 0 Å². The lowest BCUT2D eigenvalue weighted by molar-refractivity contribution is 0.423. The number of rotatable bonds is 4. The first-order valence-electron chi connectivity index (χ1n) is 6.21. The number of thiazole rings is 1. The van der Waals surface area contributed by atoms with Crippen LogP contribution >= 0.6 is 11.3 Å². The highest BCUT2D eigenvalue weighted by atomic mass is 32.1. The quantitative estimate of drug-likeness (QED) is 0.817. The Morgan fingerprint density at radius 2 is 1.89 bits per heavy atom. The Labute approximate surface area is 113 Å². The zero-order valence-corrected chi connectivity index (χ0v) is 12.2. The van der Waals surface area contributed by atoms with Crippen LogP contribution in [-0.2, 0) is 6.42 Å². The Balaban J connectivity index is 2.22. The summed E-state index contributed by atoms with van der Waals surface area (Å²) in [5.41, 5.74) is 3.51. The highest BCUT2D eigenvalue weighted by molar-refractivity contribution is 7.17. The van der Waals surface area contributed by atoms with E-state index in [4.69, 9.17) is 4.74 Å². The molecule has 1 aromatic carbocycles. The van der Waals surface area contributed by atoms with Crippen molar-refractivity contribution in [3.05, 3.63) is 35.5 Å². The maximum atomic E-state index is 5.28. The second-order valence-corrected chi connectivity index (χ2v) is 5.85. The van der Waals surface area contributed by atoms with Gasteiger partial charge >= 0.3 is 0 Å². The average Bonchev–Trinajstić information content (AvgIpc) is 2.71. The van der Waals surface area contributed by atoms with Crippen LogP contribution in [0.4, 0.5) is 0 Å². The Morgan fingerprint density at radius 3 is 2.39 bits per heavy atom. The summed E-state index contributed by atoms with van der Waals surface area (Å²) in [6.07, 6.45) is 1.13. The fourth-order valence-electron chi connectivity index (χ4n) is 1.95. The maximum absolute atomic E-state index is 5.28. The Hall–Kier alpha value is -1.35. The van der Waals surface area contributed by atoms with Crippen LogP contribution < -0.4 is 4.74 Å². The number of aryl methyl sites for hydroxylation is 1. The predicted molar refractivity (Wildman–Crippen MR) is 77.4 cm³/mol. The zero-order chi connectivity index (χ0) is 13.1. The predicted octanol–water partition coefficient (Wildman–Crippen LogP) is 4.33. The van der Waals surface area contributed by atoms with Gasteiger partial charge in [-0.05, 0) is 24.8 Å². The summed E-state index contributed by atoms with van der Waals surface area (Å²) >= 11 is 1.60. The largest absolute Gasteiger partial charge is 0.486 e.